The van der Waals surface area contributed by atoms with Gasteiger partial charge >= 0.3 is 0 Å². The Labute approximate surface area is 236 Å². The molecule has 1 fully saturated rings. The van der Waals surface area contributed by atoms with Crippen molar-refractivity contribution >= 4 is 23.2 Å². The van der Waals surface area contributed by atoms with E-state index in [1.165, 1.54) is 6.07 Å². The van der Waals surface area contributed by atoms with Crippen LogP contribution in [0, 0.1) is 17.7 Å². The van der Waals surface area contributed by atoms with Gasteiger partial charge in [-0.15, -0.1) is 0 Å². The van der Waals surface area contributed by atoms with Gasteiger partial charge in [-0.3, -0.25) is 19.3 Å². The summed E-state index contributed by atoms with van der Waals surface area (Å²) in [5, 5.41) is 44.1. The number of aliphatic hydroxyl groups is 3. The van der Waals surface area contributed by atoms with Crippen LogP contribution in [-0.4, -0.2) is 61.5 Å². The van der Waals surface area contributed by atoms with Crippen molar-refractivity contribution in [3.05, 3.63) is 81.4 Å². The first-order valence-corrected chi connectivity index (χ1v) is 13.8. The molecule has 41 heavy (non-hydrogen) atoms. The number of carbonyl (C=O) groups is 3. The minimum absolute atomic E-state index is 0.0451. The van der Waals surface area contributed by atoms with Crippen molar-refractivity contribution in [2.45, 2.75) is 51.2 Å². The van der Waals surface area contributed by atoms with Gasteiger partial charge in [0, 0.05) is 42.1 Å². The number of hydrogen-bond acceptors (Lipinski definition) is 8. The first-order chi connectivity index (χ1) is 19.5. The van der Waals surface area contributed by atoms with Crippen LogP contribution in [0.5, 0.6) is 5.75 Å². The number of ketones is 2. The monoisotopic (exact) mass is 564 g/mol. The second-order valence-electron chi connectivity index (χ2n) is 11.1. The summed E-state index contributed by atoms with van der Waals surface area (Å²) in [5.41, 5.74) is 2.61. The minimum Gasteiger partial charge on any atom is -0.508 e. The van der Waals surface area contributed by atoms with Gasteiger partial charge in [-0.1, -0.05) is 37.3 Å². The van der Waals surface area contributed by atoms with Crippen LogP contribution in [0.4, 0.5) is 4.39 Å². The predicted molar refractivity (Wildman–Crippen MR) is 147 cm³/mol. The summed E-state index contributed by atoms with van der Waals surface area (Å²) in [5.74, 6) is -7.94. The zero-order valence-electron chi connectivity index (χ0n) is 22.7. The molecular weight excluding hydrogens is 531 g/mol. The molecule has 0 heterocycles. The third-order valence-electron chi connectivity index (χ3n) is 8.57. The average molecular weight is 565 g/mol. The van der Waals surface area contributed by atoms with Crippen LogP contribution in [0.3, 0.4) is 0 Å². The maximum absolute atomic E-state index is 16.0. The molecule has 0 bridgehead atoms. The number of fused-ring (bicyclic) bond motifs is 3. The highest BCUT2D eigenvalue weighted by atomic mass is 19.1. The van der Waals surface area contributed by atoms with Crippen molar-refractivity contribution in [3.8, 4) is 5.75 Å². The number of amides is 1. The summed E-state index contributed by atoms with van der Waals surface area (Å²) < 4.78 is 16.0. The lowest BCUT2D eigenvalue weighted by molar-refractivity contribution is -0.147. The lowest BCUT2D eigenvalue weighted by Gasteiger charge is -2.46. The van der Waals surface area contributed by atoms with Crippen molar-refractivity contribution in [1.29, 1.82) is 0 Å². The smallest absolute Gasteiger partial charge is 0.255 e. The lowest BCUT2D eigenvalue weighted by Crippen LogP contribution is -2.58. The van der Waals surface area contributed by atoms with Gasteiger partial charge < -0.3 is 26.2 Å². The van der Waals surface area contributed by atoms with E-state index in [4.69, 9.17) is 5.73 Å². The highest BCUT2D eigenvalue weighted by molar-refractivity contribution is 6.22. The molecule has 2 aromatic rings. The summed E-state index contributed by atoms with van der Waals surface area (Å²) in [6, 6.07) is 11.2. The van der Waals surface area contributed by atoms with Crippen LogP contribution in [0.25, 0.3) is 5.76 Å². The maximum atomic E-state index is 16.0. The molecule has 6 N–H and O–H groups in total. The van der Waals surface area contributed by atoms with Crippen molar-refractivity contribution < 1.29 is 39.2 Å². The summed E-state index contributed by atoms with van der Waals surface area (Å²) in [6.45, 7) is 3.62. The number of carbonyl (C=O) groups excluding carboxylic acids is 3. The lowest BCUT2D eigenvalue weighted by atomic mass is 9.59. The Bertz CT molecular complexity index is 1500. The van der Waals surface area contributed by atoms with E-state index in [-0.39, 0.29) is 41.6 Å². The normalized spacial score (nSPS) is 23.9. The maximum Gasteiger partial charge on any atom is 0.255 e. The number of phenolic OH excluding ortho intramolecular Hbond substituents is 1. The number of primary amides is 1. The van der Waals surface area contributed by atoms with E-state index >= 15 is 4.39 Å². The molecule has 1 unspecified atom stereocenters. The topological polar surface area (TPSA) is 161 Å². The zero-order chi connectivity index (χ0) is 29.6. The Balaban J connectivity index is 1.50. The van der Waals surface area contributed by atoms with Crippen LogP contribution in [0.2, 0.25) is 0 Å². The van der Waals surface area contributed by atoms with E-state index in [1.54, 1.807) is 0 Å². The van der Waals surface area contributed by atoms with Gasteiger partial charge in [0.05, 0.1) is 5.56 Å². The number of benzene rings is 2. The third-order valence-corrected chi connectivity index (χ3v) is 8.57. The molecule has 3 atom stereocenters. The highest BCUT2D eigenvalue weighted by Crippen LogP contribution is 2.52. The zero-order valence-corrected chi connectivity index (χ0v) is 22.7. The minimum atomic E-state index is -2.65. The molecule has 3 aliphatic rings. The van der Waals surface area contributed by atoms with Gasteiger partial charge in [0.15, 0.2) is 11.4 Å². The van der Waals surface area contributed by atoms with Crippen LogP contribution in [0.15, 0.2) is 53.3 Å². The Kier molecular flexibility index (Phi) is 7.48. The molecular formula is C31H33FN2O7. The van der Waals surface area contributed by atoms with Crippen LogP contribution < -0.4 is 5.73 Å². The molecule has 0 saturated heterocycles. The van der Waals surface area contributed by atoms with Crippen molar-refractivity contribution in [2.75, 3.05) is 13.1 Å². The highest BCUT2D eigenvalue weighted by Gasteiger charge is 2.60. The van der Waals surface area contributed by atoms with E-state index in [2.05, 4.69) is 4.90 Å². The van der Waals surface area contributed by atoms with Gasteiger partial charge in [-0.25, -0.2) is 4.39 Å². The van der Waals surface area contributed by atoms with Crippen LogP contribution in [-0.2, 0) is 33.8 Å². The van der Waals surface area contributed by atoms with Gasteiger partial charge in [-0.2, -0.15) is 0 Å². The van der Waals surface area contributed by atoms with Gasteiger partial charge in [-0.05, 0) is 49.8 Å². The molecule has 2 aromatic carbocycles. The van der Waals surface area contributed by atoms with Gasteiger partial charge in [0.2, 0.25) is 5.78 Å². The fourth-order valence-electron chi connectivity index (χ4n) is 6.60. The summed E-state index contributed by atoms with van der Waals surface area (Å²) in [6.07, 6.45) is 1.05. The van der Waals surface area contributed by atoms with E-state index < -0.39 is 70.0 Å². The largest absolute Gasteiger partial charge is 0.508 e. The predicted octanol–water partition coefficient (Wildman–Crippen LogP) is 3.02. The number of phenols is 1. The van der Waals surface area contributed by atoms with Crippen molar-refractivity contribution in [3.63, 3.8) is 0 Å². The van der Waals surface area contributed by atoms with E-state index in [0.717, 1.165) is 18.4 Å². The first-order valence-electron chi connectivity index (χ1n) is 13.8. The Morgan fingerprint density at radius 1 is 1.12 bits per heavy atom. The second kappa shape index (κ2) is 10.8. The molecule has 3 aliphatic carbocycles. The SMILES string of the molecule is CCCN(CCc1ccccc1)Cc1cc(O)c2c(c1F)CC1C[C@H]3CC(=O)C(C(N)=O)=C(O)[C@@]3(O)C(=O)C1=C2O. The summed E-state index contributed by atoms with van der Waals surface area (Å²) in [7, 11) is 0. The Morgan fingerprint density at radius 3 is 2.49 bits per heavy atom. The standard InChI is InChI=1S/C31H33FN2O7/c1-2-9-34(10-8-16-6-4-3-5-7-16)15-18-13-21(35)24-20(26(18)32)12-17-11-19-14-22(36)25(30(33)40)29(39)31(19,41)28(38)23(17)27(24)37/h3-7,13,17,19,35,37,39,41H,2,8-12,14-15H2,1H3,(H2,33,40)/t17?,19-,31-/m0/s1. The van der Waals surface area contributed by atoms with Crippen LogP contribution in [0.1, 0.15) is 48.4 Å². The Hall–Kier alpha value is -4.02. The third kappa shape index (κ3) is 4.70. The van der Waals surface area contributed by atoms with Crippen molar-refractivity contribution in [2.24, 2.45) is 17.6 Å². The number of Topliss-reactive ketones (excluding diaryl/α,β-unsaturated/α-hetero) is 2. The fraction of sp³-hybridized carbons (Fsp3) is 0.387. The molecule has 0 aromatic heterocycles. The number of nitrogens with zero attached hydrogens (tertiary/aromatic N) is 1. The second-order valence-corrected chi connectivity index (χ2v) is 11.1. The first kappa shape index (κ1) is 28.5. The van der Waals surface area contributed by atoms with E-state index in [9.17, 15) is 34.8 Å². The molecule has 5 rings (SSSR count). The van der Waals surface area contributed by atoms with Crippen LogP contribution >= 0.6 is 0 Å². The fourth-order valence-corrected chi connectivity index (χ4v) is 6.60. The quantitative estimate of drug-likeness (QED) is 0.306. The molecule has 0 aliphatic heterocycles. The molecule has 0 spiro atoms. The number of rotatable bonds is 8. The molecule has 0 radical (unpaired) electrons. The average Bonchev–Trinajstić information content (AvgIpc) is 2.92. The molecule has 1 saturated carbocycles. The summed E-state index contributed by atoms with van der Waals surface area (Å²) in [4.78, 5) is 40.0. The molecule has 216 valence electrons. The molecule has 9 nitrogen and oxygen atoms in total. The molecule has 10 heteroatoms. The summed E-state index contributed by atoms with van der Waals surface area (Å²) >= 11 is 0. The van der Waals surface area contributed by atoms with Gasteiger partial charge in [0.25, 0.3) is 5.91 Å². The number of hydrogen-bond donors (Lipinski definition) is 5. The number of aromatic hydroxyl groups is 1. The Morgan fingerprint density at radius 2 is 1.83 bits per heavy atom. The number of nitrogens with two attached hydrogens (primary N) is 1. The van der Waals surface area contributed by atoms with Crippen molar-refractivity contribution in [1.82, 2.24) is 4.90 Å². The molecule has 1 amide bonds. The van der Waals surface area contributed by atoms with E-state index in [0.29, 0.717) is 13.1 Å². The van der Waals surface area contributed by atoms with Gasteiger partial charge in [0.1, 0.15) is 28.7 Å². The number of aliphatic hydroxyl groups excluding tert-OH is 2. The number of halogens is 1. The van der Waals surface area contributed by atoms with E-state index in [1.807, 2.05) is 37.3 Å².